The molecule has 0 fully saturated rings. The minimum Gasteiger partial charge on any atom is -0.445 e. The van der Waals surface area contributed by atoms with Crippen LogP contribution in [0.4, 0.5) is 29.7 Å². The lowest BCUT2D eigenvalue weighted by molar-refractivity contribution is -0.137. The second kappa shape index (κ2) is 25.7. The number of hydrogen-bond donors (Lipinski definition) is 7. The van der Waals surface area contributed by atoms with Crippen molar-refractivity contribution >= 4 is 63.8 Å². The number of nitrogens with zero attached hydrogens (tertiary/aromatic N) is 6. The van der Waals surface area contributed by atoms with Crippen molar-refractivity contribution in [2.45, 2.75) is 89.4 Å². The van der Waals surface area contributed by atoms with Gasteiger partial charge in [0.15, 0.2) is 0 Å². The van der Waals surface area contributed by atoms with Gasteiger partial charge in [-0.2, -0.15) is 10.2 Å². The third-order valence-electron chi connectivity index (χ3n) is 13.1. The number of primary amides is 1. The van der Waals surface area contributed by atoms with E-state index < -0.39 is 65.2 Å². The summed E-state index contributed by atoms with van der Waals surface area (Å²) in [6, 6.07) is 5.48. The average Bonchev–Trinajstić information content (AvgIpc) is 3.96. The summed E-state index contributed by atoms with van der Waals surface area (Å²) in [6.45, 7) is 3.59. The number of unbranched alkanes of at least 4 members (excludes halogenated alkanes) is 2. The maximum Gasteiger partial charge on any atom is 0.407 e. The molecule has 2 aliphatic heterocycles. The molecule has 0 spiro atoms. The fourth-order valence-corrected chi connectivity index (χ4v) is 9.30. The number of aromatic amines is 1. The molecule has 23 nitrogen and oxygen atoms in total. The van der Waals surface area contributed by atoms with Crippen molar-refractivity contribution in [3.8, 4) is 0 Å². The number of alkyl carbamates (subject to hydrolysis) is 1. The highest BCUT2D eigenvalue weighted by Crippen LogP contribution is 2.47. The van der Waals surface area contributed by atoms with E-state index in [1.807, 2.05) is 0 Å². The first-order valence-electron chi connectivity index (χ1n) is 24.9. The number of nitrogens with one attached hydrogen (secondary N) is 6. The highest BCUT2D eigenvalue weighted by Gasteiger charge is 2.45. The fraction of sp³-hybridized carbons (Fsp3) is 0.431. The van der Waals surface area contributed by atoms with Crippen LogP contribution in [0.3, 0.4) is 0 Å². The van der Waals surface area contributed by atoms with E-state index in [1.54, 1.807) is 60.8 Å². The van der Waals surface area contributed by atoms with Crippen LogP contribution in [0.25, 0.3) is 10.8 Å². The lowest BCUT2D eigenvalue weighted by Crippen LogP contribution is -2.54. The molecular weight excluding hydrogens is 993 g/mol. The molecule has 2 aromatic carbocycles. The zero-order valence-electron chi connectivity index (χ0n) is 42.2. The molecule has 76 heavy (non-hydrogen) atoms. The van der Waals surface area contributed by atoms with Gasteiger partial charge >= 0.3 is 12.1 Å². The van der Waals surface area contributed by atoms with Crippen LogP contribution in [-0.2, 0) is 47.1 Å². The third kappa shape index (κ3) is 14.1. The van der Waals surface area contributed by atoms with Crippen LogP contribution in [0.1, 0.15) is 81.8 Å². The molecule has 1 aliphatic carbocycles. The maximum absolute atomic E-state index is 15.3. The van der Waals surface area contributed by atoms with Crippen molar-refractivity contribution in [2.75, 3.05) is 43.2 Å². The number of H-pyrrole nitrogens is 1. The molecule has 3 unspecified atom stereocenters. The number of rotatable bonds is 25. The van der Waals surface area contributed by atoms with E-state index in [0.717, 1.165) is 11.0 Å². The smallest absolute Gasteiger partial charge is 0.407 e. The van der Waals surface area contributed by atoms with Gasteiger partial charge in [-0.25, -0.2) is 28.5 Å². The summed E-state index contributed by atoms with van der Waals surface area (Å²) < 4.78 is 42.6. The molecule has 2 aromatic heterocycles. The molecule has 0 radical (unpaired) electrons. The lowest BCUT2D eigenvalue weighted by atomic mass is 9.77. The number of hydrogen-bond acceptors (Lipinski definition) is 14. The number of imide groups is 1. The van der Waals surface area contributed by atoms with E-state index in [-0.39, 0.29) is 93.8 Å². The van der Waals surface area contributed by atoms with Crippen LogP contribution >= 0.6 is 0 Å². The van der Waals surface area contributed by atoms with Crippen molar-refractivity contribution < 1.29 is 51.8 Å². The summed E-state index contributed by atoms with van der Waals surface area (Å²) in [5.74, 6) is -4.16. The standard InChI is InChI=1S/C51H61F2N13O10/c1-29(2)43(61-38(67)9-5-4-6-22-65-39(68)18-19-40(65)69)49(72)60-36(8-7-20-55-50(54)73)48(71)59-34-16-10-30(11-17-34)26-76-51(74)56-21-23-75-28-66-37-25-33(53)24-35-41(37)44(62-63-47(35)70)42(46-57-27-58-64(46)3)45(66)31-12-14-32(52)15-13-31/h10-12,14-19,24-25,27,29,31,36,42-43,45H,4-9,13,20-23,26,28H2,1-3H3,(H,56,74)(H,59,71)(H,60,72)(H,61,67)(H,63,70)(H3,54,55,73)/t31?,36-,42?,43?,45+/m0/s1. The molecule has 0 saturated carbocycles. The van der Waals surface area contributed by atoms with Crippen LogP contribution in [0, 0.1) is 17.7 Å². The van der Waals surface area contributed by atoms with Crippen molar-refractivity contribution in [3.63, 3.8) is 0 Å². The Hall–Kier alpha value is -8.35. The molecule has 5 atom stereocenters. The van der Waals surface area contributed by atoms with Gasteiger partial charge in [0.25, 0.3) is 17.4 Å². The second-order valence-corrected chi connectivity index (χ2v) is 18.8. The number of aryl methyl sites for hydroxylation is 1. The number of carbonyl (C=O) groups excluding carboxylic acids is 7. The predicted molar refractivity (Wildman–Crippen MR) is 272 cm³/mol. The van der Waals surface area contributed by atoms with Gasteiger partial charge in [-0.05, 0) is 80.0 Å². The largest absolute Gasteiger partial charge is 0.445 e. The summed E-state index contributed by atoms with van der Waals surface area (Å²) in [4.78, 5) is 108. The molecule has 8 amide bonds. The Balaban J connectivity index is 0.899. The third-order valence-corrected chi connectivity index (χ3v) is 13.1. The summed E-state index contributed by atoms with van der Waals surface area (Å²) >= 11 is 0. The first-order valence-corrected chi connectivity index (χ1v) is 24.9. The topological polar surface area (TPSA) is 307 Å². The molecule has 0 saturated heterocycles. The van der Waals surface area contributed by atoms with Crippen LogP contribution in [0.5, 0.6) is 0 Å². The summed E-state index contributed by atoms with van der Waals surface area (Å²) in [6.07, 6.45) is 9.92. The number of benzene rings is 2. The maximum atomic E-state index is 15.3. The Morgan fingerprint density at radius 2 is 1.68 bits per heavy atom. The number of amides is 8. The van der Waals surface area contributed by atoms with Crippen molar-refractivity contribution in [1.82, 2.24) is 51.1 Å². The number of halogens is 2. The first-order chi connectivity index (χ1) is 36.5. The summed E-state index contributed by atoms with van der Waals surface area (Å²) in [5, 5.41) is 25.0. The molecule has 4 heterocycles. The van der Waals surface area contributed by atoms with Gasteiger partial charge in [-0.1, -0.05) is 38.5 Å². The van der Waals surface area contributed by atoms with Gasteiger partial charge < -0.3 is 46.7 Å². The Labute approximate surface area is 435 Å². The van der Waals surface area contributed by atoms with E-state index in [2.05, 4.69) is 46.9 Å². The normalized spacial score (nSPS) is 17.6. The summed E-state index contributed by atoms with van der Waals surface area (Å²) in [5.41, 5.74) is 6.35. The quantitative estimate of drug-likeness (QED) is 0.0370. The van der Waals surface area contributed by atoms with E-state index in [0.29, 0.717) is 59.5 Å². The number of carbonyl (C=O) groups is 7. The van der Waals surface area contributed by atoms with E-state index >= 15 is 4.39 Å². The Morgan fingerprint density at radius 3 is 2.37 bits per heavy atom. The number of allylic oxidation sites excluding steroid dienone is 3. The monoisotopic (exact) mass is 1050 g/mol. The second-order valence-electron chi connectivity index (χ2n) is 18.8. The molecule has 8 N–H and O–H groups in total. The Bertz CT molecular complexity index is 2940. The van der Waals surface area contributed by atoms with Crippen LogP contribution in [0.2, 0.25) is 0 Å². The van der Waals surface area contributed by atoms with Gasteiger partial charge in [-0.15, -0.1) is 0 Å². The highest BCUT2D eigenvalue weighted by atomic mass is 19.1. The number of ether oxygens (including phenoxy) is 2. The van der Waals surface area contributed by atoms with Crippen LogP contribution < -0.4 is 42.8 Å². The predicted octanol–water partition coefficient (Wildman–Crippen LogP) is 3.34. The number of aromatic nitrogens is 5. The van der Waals surface area contributed by atoms with Crippen LogP contribution in [-0.4, -0.2) is 123 Å². The van der Waals surface area contributed by atoms with Crippen molar-refractivity contribution in [1.29, 1.82) is 0 Å². The summed E-state index contributed by atoms with van der Waals surface area (Å²) in [7, 11) is 1.72. The molecule has 7 rings (SSSR count). The van der Waals surface area contributed by atoms with Gasteiger partial charge in [0.2, 0.25) is 17.7 Å². The molecule has 3 aliphatic rings. The van der Waals surface area contributed by atoms with E-state index in [9.17, 15) is 42.7 Å². The zero-order chi connectivity index (χ0) is 54.5. The number of urea groups is 1. The first kappa shape index (κ1) is 55.4. The van der Waals surface area contributed by atoms with E-state index in [1.165, 1.54) is 36.7 Å². The SMILES string of the molecule is CC(C)C(NC(=O)CCCCCN1C(=O)C=CC1=O)C(=O)N[C@@H](CCCNC(N)=O)C(=O)Nc1ccc(COC(=O)NCCOCN2c3cc(F)cc4c(=O)[nH]nc(c34)C(c3ncnn3C)[C@H]2C2C=CC(F)=CC2)cc1. The minimum absolute atomic E-state index is 0.0103. The van der Waals surface area contributed by atoms with Crippen LogP contribution in [0.15, 0.2) is 83.7 Å². The molecule has 404 valence electrons. The molecule has 4 aromatic rings. The molecule has 0 bridgehead atoms. The molecular formula is C51H61F2N13O10. The Kier molecular flexibility index (Phi) is 18.8. The number of anilines is 2. The van der Waals surface area contributed by atoms with Gasteiger partial charge in [0.05, 0.1) is 35.3 Å². The van der Waals surface area contributed by atoms with Gasteiger partial charge in [0.1, 0.15) is 49.2 Å². The van der Waals surface area contributed by atoms with Crippen molar-refractivity contribution in [2.24, 2.45) is 24.6 Å². The average molecular weight is 1050 g/mol. The Morgan fingerprint density at radius 1 is 0.921 bits per heavy atom. The fourth-order valence-electron chi connectivity index (χ4n) is 9.30. The van der Waals surface area contributed by atoms with E-state index in [4.69, 9.17) is 15.2 Å². The lowest BCUT2D eigenvalue weighted by Gasteiger charge is -2.45. The molecule has 25 heteroatoms. The number of nitrogens with two attached hydrogens (primary N) is 1. The van der Waals surface area contributed by atoms with Gasteiger partial charge in [0, 0.05) is 62.2 Å². The zero-order valence-corrected chi connectivity index (χ0v) is 42.2. The van der Waals surface area contributed by atoms with Gasteiger partial charge in [-0.3, -0.25) is 38.3 Å². The van der Waals surface area contributed by atoms with Crippen molar-refractivity contribution in [3.05, 3.63) is 112 Å². The highest BCUT2D eigenvalue weighted by molar-refractivity contribution is 6.12. The minimum atomic E-state index is -1.08.